The van der Waals surface area contributed by atoms with Gasteiger partial charge in [0.1, 0.15) is 11.2 Å². The van der Waals surface area contributed by atoms with E-state index in [0.717, 1.165) is 55.7 Å². The Morgan fingerprint density at radius 3 is 1.47 bits per heavy atom. The molecule has 0 unspecified atom stereocenters. The number of rotatable bonds is 7. The molecule has 0 fully saturated rings. The van der Waals surface area contributed by atoms with Crippen molar-refractivity contribution in [1.82, 2.24) is 0 Å². The van der Waals surface area contributed by atoms with Gasteiger partial charge in [-0.15, -0.1) is 0 Å². The average molecular weight is 790 g/mol. The summed E-state index contributed by atoms with van der Waals surface area (Å²) in [5.74, 6) is 0. The molecular formula is C60H39NO. The second-order valence-corrected chi connectivity index (χ2v) is 16.0. The van der Waals surface area contributed by atoms with Crippen LogP contribution in [0.5, 0.6) is 0 Å². The van der Waals surface area contributed by atoms with Crippen molar-refractivity contribution in [2.75, 3.05) is 4.90 Å². The maximum Gasteiger partial charge on any atom is 0.136 e. The molecule has 1 aromatic heterocycles. The Bertz CT molecular complexity index is 3610. The lowest BCUT2D eigenvalue weighted by Gasteiger charge is -2.27. The van der Waals surface area contributed by atoms with Gasteiger partial charge in [0.05, 0.1) is 0 Å². The molecule has 12 rings (SSSR count). The van der Waals surface area contributed by atoms with E-state index in [1.165, 1.54) is 60.1 Å². The third kappa shape index (κ3) is 5.96. The number of benzene rings is 11. The number of para-hydroxylation sites is 1. The first-order valence-electron chi connectivity index (χ1n) is 21.3. The van der Waals surface area contributed by atoms with Crippen molar-refractivity contribution in [2.24, 2.45) is 0 Å². The van der Waals surface area contributed by atoms with Crippen molar-refractivity contribution in [3.05, 3.63) is 237 Å². The van der Waals surface area contributed by atoms with Crippen molar-refractivity contribution in [1.29, 1.82) is 0 Å². The predicted octanol–water partition coefficient (Wildman–Crippen LogP) is 17.2. The van der Waals surface area contributed by atoms with Crippen molar-refractivity contribution in [3.63, 3.8) is 0 Å². The smallest absolute Gasteiger partial charge is 0.136 e. The first-order chi connectivity index (χ1) is 30.8. The van der Waals surface area contributed by atoms with E-state index in [1.807, 2.05) is 12.1 Å². The highest BCUT2D eigenvalue weighted by molar-refractivity contribution is 6.21. The zero-order valence-corrected chi connectivity index (χ0v) is 33.9. The molecule has 0 aliphatic carbocycles. The van der Waals surface area contributed by atoms with Crippen LogP contribution in [0.4, 0.5) is 17.1 Å². The highest BCUT2D eigenvalue weighted by Gasteiger charge is 2.20. The number of fused-ring (bicyclic) bond motifs is 7. The minimum Gasteiger partial charge on any atom is -0.456 e. The van der Waals surface area contributed by atoms with Crippen LogP contribution >= 0.6 is 0 Å². The van der Waals surface area contributed by atoms with Gasteiger partial charge in [-0.25, -0.2) is 0 Å². The minimum absolute atomic E-state index is 0.897. The van der Waals surface area contributed by atoms with E-state index in [0.29, 0.717) is 0 Å². The first-order valence-corrected chi connectivity index (χ1v) is 21.3. The summed E-state index contributed by atoms with van der Waals surface area (Å²) in [6.45, 7) is 0. The lowest BCUT2D eigenvalue weighted by atomic mass is 9.85. The third-order valence-corrected chi connectivity index (χ3v) is 12.5. The van der Waals surface area contributed by atoms with Crippen LogP contribution in [0.1, 0.15) is 0 Å². The Hall–Kier alpha value is -8.20. The Morgan fingerprint density at radius 2 is 0.758 bits per heavy atom. The summed E-state index contributed by atoms with van der Waals surface area (Å²) in [6, 6.07) is 85.5. The normalized spacial score (nSPS) is 11.5. The average Bonchev–Trinajstić information content (AvgIpc) is 3.74. The molecule has 11 aromatic carbocycles. The predicted molar refractivity (Wildman–Crippen MR) is 263 cm³/mol. The van der Waals surface area contributed by atoms with Gasteiger partial charge in [-0.1, -0.05) is 188 Å². The third-order valence-electron chi connectivity index (χ3n) is 12.5. The van der Waals surface area contributed by atoms with Gasteiger partial charge < -0.3 is 9.32 Å². The quantitative estimate of drug-likeness (QED) is 0.150. The maximum atomic E-state index is 6.28. The highest BCUT2D eigenvalue weighted by atomic mass is 16.3. The lowest BCUT2D eigenvalue weighted by Crippen LogP contribution is -2.10. The molecule has 62 heavy (non-hydrogen) atoms. The zero-order valence-electron chi connectivity index (χ0n) is 33.9. The highest BCUT2D eigenvalue weighted by Crippen LogP contribution is 2.47. The van der Waals surface area contributed by atoms with Crippen molar-refractivity contribution in [3.8, 4) is 44.5 Å². The Balaban J connectivity index is 1.04. The van der Waals surface area contributed by atoms with Crippen LogP contribution in [0.25, 0.3) is 98.8 Å². The van der Waals surface area contributed by atoms with E-state index in [9.17, 15) is 0 Å². The molecule has 0 aliphatic heterocycles. The first kappa shape index (κ1) is 35.7. The molecule has 0 amide bonds. The fraction of sp³-hybridized carbons (Fsp3) is 0. The summed E-state index contributed by atoms with van der Waals surface area (Å²) in [7, 11) is 0. The standard InChI is InChI=1S/C60H39NO/c1-2-16-43(17-3-1)58-53-24-8-6-22-51(53)52-23-7-9-25-54(52)59(58)44-19-12-20-47(39-44)61(45-35-31-41(32-36-45)49-27-13-18-40-15-4-5-21-48(40)49)46-37-33-42(34-38-46)50-28-14-30-57-60(50)55-26-10-11-29-56(55)62-57/h1-39H. The van der Waals surface area contributed by atoms with E-state index in [-0.39, 0.29) is 0 Å². The maximum absolute atomic E-state index is 6.28. The molecule has 0 aliphatic rings. The van der Waals surface area contributed by atoms with Gasteiger partial charge in [-0.3, -0.25) is 0 Å². The molecule has 0 atom stereocenters. The fourth-order valence-corrected chi connectivity index (χ4v) is 9.67. The monoisotopic (exact) mass is 789 g/mol. The fourth-order valence-electron chi connectivity index (χ4n) is 9.67. The molecule has 0 radical (unpaired) electrons. The number of furan rings is 1. The van der Waals surface area contributed by atoms with E-state index in [2.05, 4.69) is 229 Å². The molecule has 0 bridgehead atoms. The van der Waals surface area contributed by atoms with Gasteiger partial charge in [0.15, 0.2) is 0 Å². The molecule has 2 nitrogen and oxygen atoms in total. The van der Waals surface area contributed by atoms with Crippen LogP contribution in [-0.4, -0.2) is 0 Å². The van der Waals surface area contributed by atoms with Crippen molar-refractivity contribution in [2.45, 2.75) is 0 Å². The molecule has 290 valence electrons. The zero-order chi connectivity index (χ0) is 41.0. The van der Waals surface area contributed by atoms with Gasteiger partial charge in [-0.05, 0) is 125 Å². The molecule has 2 heteroatoms. The molecule has 0 saturated carbocycles. The van der Waals surface area contributed by atoms with Crippen LogP contribution in [0.3, 0.4) is 0 Å². The van der Waals surface area contributed by atoms with Crippen molar-refractivity contribution >= 4 is 71.3 Å². The molecule has 0 N–H and O–H groups in total. The van der Waals surface area contributed by atoms with Crippen molar-refractivity contribution < 1.29 is 4.42 Å². The summed E-state index contributed by atoms with van der Waals surface area (Å²) in [6.07, 6.45) is 0. The number of nitrogens with zero attached hydrogens (tertiary/aromatic N) is 1. The van der Waals surface area contributed by atoms with E-state index in [4.69, 9.17) is 4.42 Å². The Labute approximate surface area is 360 Å². The molecule has 1 heterocycles. The minimum atomic E-state index is 0.897. The van der Waals surface area contributed by atoms with Gasteiger partial charge in [-0.2, -0.15) is 0 Å². The molecule has 12 aromatic rings. The second-order valence-electron chi connectivity index (χ2n) is 16.0. The number of hydrogen-bond donors (Lipinski definition) is 0. The molecular weight excluding hydrogens is 751 g/mol. The van der Waals surface area contributed by atoms with E-state index in [1.54, 1.807) is 0 Å². The van der Waals surface area contributed by atoms with Gasteiger partial charge in [0.2, 0.25) is 0 Å². The van der Waals surface area contributed by atoms with E-state index < -0.39 is 0 Å². The molecule has 0 spiro atoms. The summed E-state index contributed by atoms with van der Waals surface area (Å²) >= 11 is 0. The number of anilines is 3. The Kier molecular flexibility index (Phi) is 8.53. The van der Waals surface area contributed by atoms with Crippen LogP contribution in [-0.2, 0) is 0 Å². The van der Waals surface area contributed by atoms with Gasteiger partial charge in [0.25, 0.3) is 0 Å². The SMILES string of the molecule is c1ccc(-c2c(-c3cccc(N(c4ccc(-c5cccc6ccccc56)cc4)c4ccc(-c5cccc6oc7ccccc7c56)cc4)c3)c3ccccc3c3ccccc23)cc1. The Morgan fingerprint density at radius 1 is 0.274 bits per heavy atom. The van der Waals surface area contributed by atoms with Gasteiger partial charge in [0, 0.05) is 27.8 Å². The topological polar surface area (TPSA) is 16.4 Å². The lowest BCUT2D eigenvalue weighted by molar-refractivity contribution is 0.669. The van der Waals surface area contributed by atoms with Crippen LogP contribution in [0.15, 0.2) is 241 Å². The largest absolute Gasteiger partial charge is 0.456 e. The van der Waals surface area contributed by atoms with Gasteiger partial charge >= 0.3 is 0 Å². The summed E-state index contributed by atoms with van der Waals surface area (Å²) in [5.41, 5.74) is 14.6. The van der Waals surface area contributed by atoms with E-state index >= 15 is 0 Å². The summed E-state index contributed by atoms with van der Waals surface area (Å²) in [4.78, 5) is 2.39. The molecule has 0 saturated heterocycles. The van der Waals surface area contributed by atoms with Crippen LogP contribution in [0, 0.1) is 0 Å². The second kappa shape index (κ2) is 14.8. The number of hydrogen-bond acceptors (Lipinski definition) is 2. The summed E-state index contributed by atoms with van der Waals surface area (Å²) in [5, 5.41) is 9.74. The van der Waals surface area contributed by atoms with Crippen LogP contribution < -0.4 is 4.90 Å². The summed E-state index contributed by atoms with van der Waals surface area (Å²) < 4.78 is 6.28. The van der Waals surface area contributed by atoms with Crippen LogP contribution in [0.2, 0.25) is 0 Å².